The summed E-state index contributed by atoms with van der Waals surface area (Å²) in [4.78, 5) is 74.5. The van der Waals surface area contributed by atoms with Crippen LogP contribution in [0.5, 0.6) is 0 Å². The van der Waals surface area contributed by atoms with Crippen LogP contribution in [0.4, 0.5) is 4.79 Å². The number of rotatable bonds is 29. The molecule has 19 heteroatoms. The first-order valence-corrected chi connectivity index (χ1v) is 33.9. The van der Waals surface area contributed by atoms with Gasteiger partial charge >= 0.3 is 38.5 Å². The molecule has 0 aromatic heterocycles. The first-order chi connectivity index (χ1) is 31.6. The van der Waals surface area contributed by atoms with Crippen molar-refractivity contribution >= 4 is 61.1 Å². The molecule has 0 heterocycles. The van der Waals surface area contributed by atoms with Crippen molar-refractivity contribution in [3.63, 3.8) is 0 Å². The summed E-state index contributed by atoms with van der Waals surface area (Å²) in [5.41, 5.74) is 0.133. The van der Waals surface area contributed by atoms with Crippen LogP contribution in [0.2, 0.25) is 51.4 Å². The van der Waals surface area contributed by atoms with Crippen LogP contribution >= 0.6 is 0 Å². The average molecular weight is 1030 g/mol. The number of hydrogen-bond acceptors (Lipinski definition) is 14. The molecule has 0 aliphatic heterocycles. The summed E-state index contributed by atoms with van der Waals surface area (Å²) in [6.45, 7) is 36.7. The van der Waals surface area contributed by atoms with E-state index in [0.717, 1.165) is 44.6 Å². The molecule has 0 radical (unpaired) electrons. The zero-order chi connectivity index (χ0) is 52.5. The Hall–Kier alpha value is -3.37. The van der Waals surface area contributed by atoms with Gasteiger partial charge in [-0.05, 0) is 139 Å². The smallest absolute Gasteiger partial charge is 0.407 e. The molecule has 2 fully saturated rings. The van der Waals surface area contributed by atoms with Crippen molar-refractivity contribution in [1.82, 2.24) is 10.6 Å². The Labute approximate surface area is 417 Å². The monoisotopic (exact) mass is 1030 g/mol. The lowest BCUT2D eigenvalue weighted by atomic mass is 9.61. The molecule has 0 aromatic rings. The van der Waals surface area contributed by atoms with E-state index in [1.807, 2.05) is 0 Å². The van der Waals surface area contributed by atoms with Gasteiger partial charge in [-0.3, -0.25) is 14.4 Å². The Kier molecular flexibility index (Phi) is 24.1. The SMILES string of the molecule is C=C(C)C(=O)OCCOC(=O)CCC1(C)CC(NC(=O)C[Si](C)(C)O[Si](C)(C)O[Si](C)(C)CCCOCCOC(=O)NC2CC(C)(C)CC(C)(CCC(=O)OCCOC(=O)C(=C)C)C2)CC(C)(C)C1. The van der Waals surface area contributed by atoms with E-state index in [1.54, 1.807) is 13.8 Å². The summed E-state index contributed by atoms with van der Waals surface area (Å²) in [6.07, 6.45) is 6.91. The Morgan fingerprint density at radius 1 is 0.551 bits per heavy atom. The standard InChI is InChI=1S/C50H90N2O14Si3/c1-37(2)44(56)62-27-25-60-42(54)18-20-49(9)32-39(30-47(5,6)35-49)51-41(53)34-68(13,14)66-69(15,16)65-67(11,12)29-17-22-59-23-24-64-46(58)52-40-31-48(7,8)36-50(10,33-40)21-19-43(55)61-26-28-63-45(57)38(3)4/h39-40H,1,3,17-36H2,2,4-16H3,(H,51,53)(H,52,58). The molecule has 396 valence electrons. The van der Waals surface area contributed by atoms with Gasteiger partial charge in [-0.2, -0.15) is 0 Å². The van der Waals surface area contributed by atoms with Gasteiger partial charge in [0.1, 0.15) is 33.0 Å². The fourth-order valence-electron chi connectivity index (χ4n) is 10.8. The normalized spacial score (nSPS) is 22.3. The second-order valence-corrected chi connectivity index (χ2v) is 36.0. The third-order valence-electron chi connectivity index (χ3n) is 12.5. The number of nitrogens with one attached hydrogen (secondary N) is 2. The summed E-state index contributed by atoms with van der Waals surface area (Å²) in [5.74, 6) is -1.74. The highest BCUT2D eigenvalue weighted by Crippen LogP contribution is 2.50. The molecule has 0 bridgehead atoms. The minimum Gasteiger partial charge on any atom is -0.462 e. The van der Waals surface area contributed by atoms with Gasteiger partial charge in [0.25, 0.3) is 0 Å². The van der Waals surface area contributed by atoms with Gasteiger partial charge in [-0.1, -0.05) is 54.7 Å². The van der Waals surface area contributed by atoms with Crippen LogP contribution in [0, 0.1) is 21.7 Å². The molecule has 2 aliphatic carbocycles. The van der Waals surface area contributed by atoms with E-state index in [0.29, 0.717) is 37.5 Å². The maximum Gasteiger partial charge on any atom is 0.407 e. The molecule has 4 atom stereocenters. The second-order valence-electron chi connectivity index (χ2n) is 23.7. The number of hydrogen-bond donors (Lipinski definition) is 2. The van der Waals surface area contributed by atoms with E-state index >= 15 is 0 Å². The van der Waals surface area contributed by atoms with E-state index < -0.39 is 43.2 Å². The molecule has 69 heavy (non-hydrogen) atoms. The Balaban J connectivity index is 1.72. The zero-order valence-electron chi connectivity index (χ0n) is 44.9. The first-order valence-electron chi connectivity index (χ1n) is 24.8. The van der Waals surface area contributed by atoms with Crippen LogP contribution in [0.1, 0.15) is 126 Å². The van der Waals surface area contributed by atoms with Crippen molar-refractivity contribution in [2.45, 2.75) is 189 Å². The summed E-state index contributed by atoms with van der Waals surface area (Å²) in [5, 5.41) is 6.36. The molecule has 2 N–H and O–H groups in total. The van der Waals surface area contributed by atoms with Crippen LogP contribution in [0.25, 0.3) is 0 Å². The predicted octanol–water partition coefficient (Wildman–Crippen LogP) is 9.44. The minimum atomic E-state index is -2.61. The number of alkyl carbamates (subject to hydrolysis) is 1. The van der Waals surface area contributed by atoms with E-state index in [4.69, 9.17) is 36.7 Å². The highest BCUT2D eigenvalue weighted by molar-refractivity contribution is 6.88. The second kappa shape index (κ2) is 26.9. The van der Waals surface area contributed by atoms with Crippen molar-refractivity contribution < 1.29 is 65.4 Å². The number of carbonyl (C=O) groups excluding carboxylic acids is 6. The minimum absolute atomic E-state index is 0.00254. The first kappa shape index (κ1) is 61.7. The molecule has 16 nitrogen and oxygen atoms in total. The van der Waals surface area contributed by atoms with Crippen molar-refractivity contribution in [3.05, 3.63) is 24.3 Å². The van der Waals surface area contributed by atoms with Crippen molar-refractivity contribution in [2.75, 3.05) is 46.2 Å². The maximum absolute atomic E-state index is 13.6. The Morgan fingerprint density at radius 2 is 0.971 bits per heavy atom. The quantitative estimate of drug-likeness (QED) is 0.0236. The van der Waals surface area contributed by atoms with E-state index in [9.17, 15) is 28.8 Å². The summed E-state index contributed by atoms with van der Waals surface area (Å²) >= 11 is 0. The zero-order valence-corrected chi connectivity index (χ0v) is 47.9. The van der Waals surface area contributed by atoms with E-state index in [2.05, 4.69) is 105 Å². The number of ether oxygens (including phenoxy) is 6. The highest BCUT2D eigenvalue weighted by atomic mass is 28.5. The summed E-state index contributed by atoms with van der Waals surface area (Å²) < 4.78 is 45.4. The van der Waals surface area contributed by atoms with Crippen LogP contribution in [0.3, 0.4) is 0 Å². The topological polar surface area (TPSA) is 200 Å². The Morgan fingerprint density at radius 3 is 1.43 bits per heavy atom. The fraction of sp³-hybridized carbons (Fsp3) is 0.800. The molecule has 2 rings (SSSR count). The van der Waals surface area contributed by atoms with Gasteiger partial charge in [-0.15, -0.1) is 0 Å². The van der Waals surface area contributed by atoms with Gasteiger partial charge in [0.05, 0.1) is 6.61 Å². The van der Waals surface area contributed by atoms with Crippen molar-refractivity contribution in [2.24, 2.45) is 21.7 Å². The van der Waals surface area contributed by atoms with Crippen LogP contribution < -0.4 is 10.6 Å². The third-order valence-corrected chi connectivity index (χ3v) is 23.5. The third kappa shape index (κ3) is 26.1. The molecule has 2 aliphatic rings. The Bertz CT molecular complexity index is 1790. The van der Waals surface area contributed by atoms with Gasteiger partial charge < -0.3 is 47.3 Å². The number of carbonyl (C=O) groups is 6. The molecule has 2 saturated carbocycles. The van der Waals surface area contributed by atoms with Gasteiger partial charge in [-0.25, -0.2) is 14.4 Å². The fourth-order valence-corrected chi connectivity index (χ4v) is 24.6. The number of esters is 4. The highest BCUT2D eigenvalue weighted by Gasteiger charge is 2.45. The maximum atomic E-state index is 13.6. The molecule has 0 spiro atoms. The van der Waals surface area contributed by atoms with Crippen molar-refractivity contribution in [1.29, 1.82) is 0 Å². The average Bonchev–Trinajstić information content (AvgIpc) is 3.16. The molecular weight excluding hydrogens is 937 g/mol. The lowest BCUT2D eigenvalue weighted by Crippen LogP contribution is -2.54. The van der Waals surface area contributed by atoms with E-state index in [-0.39, 0.29) is 110 Å². The van der Waals surface area contributed by atoms with E-state index in [1.165, 1.54) is 0 Å². The summed E-state index contributed by atoms with van der Waals surface area (Å²) in [6, 6.07) is 1.03. The lowest BCUT2D eigenvalue weighted by Gasteiger charge is -2.47. The van der Waals surface area contributed by atoms with Gasteiger partial charge in [0.2, 0.25) is 5.91 Å². The molecular formula is C50H90N2O14Si3. The van der Waals surface area contributed by atoms with Gasteiger partial charge in [0.15, 0.2) is 16.6 Å². The molecule has 0 saturated heterocycles. The predicted molar refractivity (Wildman–Crippen MR) is 273 cm³/mol. The molecule has 4 unspecified atom stereocenters. The van der Waals surface area contributed by atoms with Crippen LogP contribution in [0.15, 0.2) is 24.3 Å². The molecule has 2 amide bonds. The van der Waals surface area contributed by atoms with Crippen LogP contribution in [-0.4, -0.2) is 119 Å². The summed E-state index contributed by atoms with van der Waals surface area (Å²) in [7, 11) is -7.25. The lowest BCUT2D eigenvalue weighted by molar-refractivity contribution is -0.150. The van der Waals surface area contributed by atoms with Gasteiger partial charge in [0, 0.05) is 48.7 Å². The molecule has 0 aromatic carbocycles. The van der Waals surface area contributed by atoms with Crippen molar-refractivity contribution in [3.8, 4) is 0 Å². The van der Waals surface area contributed by atoms with Crippen LogP contribution in [-0.2, 0) is 60.6 Å². The largest absolute Gasteiger partial charge is 0.462 e. The number of amides is 2.